The first-order valence-corrected chi connectivity index (χ1v) is 10.4. The molecule has 2 aromatic rings. The van der Waals surface area contributed by atoms with Gasteiger partial charge in [-0.05, 0) is 55.5 Å². The zero-order valence-electron chi connectivity index (χ0n) is 16.7. The van der Waals surface area contributed by atoms with Gasteiger partial charge < -0.3 is 10.2 Å². The van der Waals surface area contributed by atoms with Gasteiger partial charge in [0.1, 0.15) is 11.6 Å². The minimum absolute atomic E-state index is 0.0669. The third-order valence-electron chi connectivity index (χ3n) is 5.96. The van der Waals surface area contributed by atoms with Crippen LogP contribution in [-0.2, 0) is 0 Å². The number of anilines is 1. The monoisotopic (exact) mass is 397 g/mol. The van der Waals surface area contributed by atoms with Crippen LogP contribution in [0.2, 0.25) is 0 Å². The molecule has 0 radical (unpaired) electrons. The number of piperidine rings is 1. The van der Waals surface area contributed by atoms with Gasteiger partial charge in [-0.15, -0.1) is 0 Å². The van der Waals surface area contributed by atoms with Crippen molar-refractivity contribution in [3.63, 3.8) is 0 Å². The number of hydrogen-bond acceptors (Lipinski definition) is 5. The third-order valence-corrected chi connectivity index (χ3v) is 5.96. The average Bonchev–Trinajstić information content (AvgIpc) is 3.25. The van der Waals surface area contributed by atoms with Crippen LogP contribution in [0.3, 0.4) is 0 Å². The minimum Gasteiger partial charge on any atom is -0.356 e. The molecule has 0 bridgehead atoms. The predicted molar refractivity (Wildman–Crippen MR) is 111 cm³/mol. The maximum Gasteiger partial charge on any atom is 0.251 e. The van der Waals surface area contributed by atoms with Crippen molar-refractivity contribution in [3.8, 4) is 0 Å². The Morgan fingerprint density at radius 2 is 2.14 bits per heavy atom. The molecule has 3 atom stereocenters. The van der Waals surface area contributed by atoms with Crippen LogP contribution in [0.15, 0.2) is 42.6 Å². The first kappa shape index (κ1) is 19.8. The van der Waals surface area contributed by atoms with Crippen LogP contribution in [-0.4, -0.2) is 43.1 Å². The molecule has 2 aliphatic heterocycles. The Morgan fingerprint density at radius 1 is 1.31 bits per heavy atom. The van der Waals surface area contributed by atoms with Gasteiger partial charge >= 0.3 is 0 Å². The highest BCUT2D eigenvalue weighted by Crippen LogP contribution is 2.33. The quantitative estimate of drug-likeness (QED) is 0.723. The van der Waals surface area contributed by atoms with Crippen LogP contribution in [0.4, 0.5) is 10.2 Å². The molecule has 1 aromatic heterocycles. The van der Waals surface area contributed by atoms with Crippen molar-refractivity contribution in [3.05, 3.63) is 59.5 Å². The fourth-order valence-corrected chi connectivity index (χ4v) is 4.50. The summed E-state index contributed by atoms with van der Waals surface area (Å²) in [6.07, 6.45) is 3.91. The molecule has 2 aliphatic rings. The van der Waals surface area contributed by atoms with Gasteiger partial charge in [0.05, 0.1) is 0 Å². The zero-order chi connectivity index (χ0) is 20.2. The molecular weight excluding hydrogens is 369 g/mol. The number of hydrazine groups is 1. The lowest BCUT2D eigenvalue weighted by Crippen LogP contribution is -2.46. The standard InChI is InChI=1S/C22H28FN5O/c1-2-24-22(29)16-9-10-25-20(12-16)28-11-3-4-17(14-28)21-19(13-26-27-21)15-5-7-18(23)8-6-15/h5-10,12,17,19,21,26-27H,2-4,11,13-14H2,1H3,(H,24,29). The Bertz CT molecular complexity index is 843. The summed E-state index contributed by atoms with van der Waals surface area (Å²) in [5.41, 5.74) is 8.55. The molecule has 1 amide bonds. The first-order valence-electron chi connectivity index (χ1n) is 10.4. The van der Waals surface area contributed by atoms with Gasteiger partial charge in [0.2, 0.25) is 0 Å². The van der Waals surface area contributed by atoms with Crippen molar-refractivity contribution in [2.24, 2.45) is 5.92 Å². The molecular formula is C22H28FN5O. The summed E-state index contributed by atoms with van der Waals surface area (Å²) in [5, 5.41) is 2.84. The highest BCUT2D eigenvalue weighted by molar-refractivity contribution is 5.94. The highest BCUT2D eigenvalue weighted by Gasteiger charge is 2.37. The summed E-state index contributed by atoms with van der Waals surface area (Å²) >= 11 is 0. The molecule has 0 aliphatic carbocycles. The van der Waals surface area contributed by atoms with Crippen molar-refractivity contribution in [2.75, 3.05) is 31.1 Å². The summed E-state index contributed by atoms with van der Waals surface area (Å²) in [7, 11) is 0. The number of benzene rings is 1. The summed E-state index contributed by atoms with van der Waals surface area (Å²) in [5.74, 6) is 1.32. The Kier molecular flexibility index (Phi) is 6.06. The Balaban J connectivity index is 1.49. The molecule has 2 saturated heterocycles. The van der Waals surface area contributed by atoms with Gasteiger partial charge in [-0.25, -0.2) is 9.37 Å². The largest absolute Gasteiger partial charge is 0.356 e. The van der Waals surface area contributed by atoms with Crippen molar-refractivity contribution in [1.82, 2.24) is 21.2 Å². The van der Waals surface area contributed by atoms with E-state index in [9.17, 15) is 9.18 Å². The van der Waals surface area contributed by atoms with Gasteiger partial charge in [-0.3, -0.25) is 15.6 Å². The van der Waals surface area contributed by atoms with E-state index in [-0.39, 0.29) is 17.8 Å². The number of hydrogen-bond donors (Lipinski definition) is 3. The number of aromatic nitrogens is 1. The number of amides is 1. The molecule has 3 unspecified atom stereocenters. The molecule has 2 fully saturated rings. The van der Waals surface area contributed by atoms with Gasteiger partial charge in [0.15, 0.2) is 0 Å². The lowest BCUT2D eigenvalue weighted by atomic mass is 9.81. The molecule has 6 nitrogen and oxygen atoms in total. The van der Waals surface area contributed by atoms with E-state index in [1.807, 2.05) is 25.1 Å². The molecule has 0 saturated carbocycles. The second-order valence-corrected chi connectivity index (χ2v) is 7.82. The Hall–Kier alpha value is -2.51. The lowest BCUT2D eigenvalue weighted by Gasteiger charge is -2.38. The van der Waals surface area contributed by atoms with Crippen molar-refractivity contribution >= 4 is 11.7 Å². The van der Waals surface area contributed by atoms with Crippen LogP contribution in [0, 0.1) is 11.7 Å². The van der Waals surface area contributed by atoms with Crippen molar-refractivity contribution in [2.45, 2.75) is 31.7 Å². The van der Waals surface area contributed by atoms with E-state index in [4.69, 9.17) is 0 Å². The second-order valence-electron chi connectivity index (χ2n) is 7.82. The van der Waals surface area contributed by atoms with E-state index in [0.717, 1.165) is 43.9 Å². The molecule has 0 spiro atoms. The van der Waals surface area contributed by atoms with Crippen LogP contribution in [0.1, 0.15) is 41.6 Å². The molecule has 1 aromatic carbocycles. The zero-order valence-corrected chi connectivity index (χ0v) is 16.7. The van der Waals surface area contributed by atoms with E-state index in [1.54, 1.807) is 12.3 Å². The third kappa shape index (κ3) is 4.41. The fourth-order valence-electron chi connectivity index (χ4n) is 4.50. The van der Waals surface area contributed by atoms with E-state index in [0.29, 0.717) is 23.9 Å². The van der Waals surface area contributed by atoms with Crippen LogP contribution in [0.25, 0.3) is 0 Å². The van der Waals surface area contributed by atoms with E-state index >= 15 is 0 Å². The predicted octanol–water partition coefficient (Wildman–Crippen LogP) is 2.45. The topological polar surface area (TPSA) is 69.3 Å². The van der Waals surface area contributed by atoms with Crippen LogP contribution < -0.4 is 21.1 Å². The fraction of sp³-hybridized carbons (Fsp3) is 0.455. The van der Waals surface area contributed by atoms with Gasteiger partial charge in [0, 0.05) is 49.9 Å². The molecule has 4 rings (SSSR count). The smallest absolute Gasteiger partial charge is 0.251 e. The maximum atomic E-state index is 13.3. The number of pyridine rings is 1. The first-order chi connectivity index (χ1) is 14.2. The number of rotatable bonds is 5. The summed E-state index contributed by atoms with van der Waals surface area (Å²) in [4.78, 5) is 19.0. The Labute approximate surface area is 170 Å². The van der Waals surface area contributed by atoms with Crippen molar-refractivity contribution in [1.29, 1.82) is 0 Å². The molecule has 29 heavy (non-hydrogen) atoms. The number of carbonyl (C=O) groups excluding carboxylic acids is 1. The molecule has 3 heterocycles. The SMILES string of the molecule is CCNC(=O)c1ccnc(N2CCCC(C3NNCC3c3ccc(F)cc3)C2)c1. The van der Waals surface area contributed by atoms with Gasteiger partial charge in [-0.1, -0.05) is 12.1 Å². The van der Waals surface area contributed by atoms with Crippen molar-refractivity contribution < 1.29 is 9.18 Å². The van der Waals surface area contributed by atoms with Crippen LogP contribution >= 0.6 is 0 Å². The van der Waals surface area contributed by atoms with E-state index in [1.165, 1.54) is 12.1 Å². The Morgan fingerprint density at radius 3 is 2.93 bits per heavy atom. The second kappa shape index (κ2) is 8.88. The van der Waals surface area contributed by atoms with Crippen LogP contribution in [0.5, 0.6) is 0 Å². The van der Waals surface area contributed by atoms with E-state index < -0.39 is 0 Å². The number of nitrogens with zero attached hydrogens (tertiary/aromatic N) is 2. The minimum atomic E-state index is -0.203. The summed E-state index contributed by atoms with van der Waals surface area (Å²) in [6, 6.07) is 10.8. The maximum absolute atomic E-state index is 13.3. The average molecular weight is 397 g/mol. The molecule has 154 valence electrons. The summed E-state index contributed by atoms with van der Waals surface area (Å²) < 4.78 is 13.3. The number of halogens is 1. The summed E-state index contributed by atoms with van der Waals surface area (Å²) in [6.45, 7) is 5.16. The highest BCUT2D eigenvalue weighted by atomic mass is 19.1. The lowest BCUT2D eigenvalue weighted by molar-refractivity contribution is 0.0955. The normalized spacial score (nSPS) is 24.5. The molecule has 7 heteroatoms. The molecule has 3 N–H and O–H groups in total. The van der Waals surface area contributed by atoms with Gasteiger partial charge in [0.25, 0.3) is 5.91 Å². The number of carbonyl (C=O) groups is 1. The van der Waals surface area contributed by atoms with E-state index in [2.05, 4.69) is 26.1 Å². The van der Waals surface area contributed by atoms with Gasteiger partial charge in [-0.2, -0.15) is 0 Å². The number of nitrogens with one attached hydrogen (secondary N) is 3.